The normalized spacial score (nSPS) is 10.5. The Morgan fingerprint density at radius 3 is 3.00 bits per heavy atom. The molecular weight excluding hydrogens is 190 g/mol. The molecule has 78 valence electrons. The van der Waals surface area contributed by atoms with E-state index in [0.717, 1.165) is 17.9 Å². The van der Waals surface area contributed by atoms with Gasteiger partial charge in [-0.3, -0.25) is 0 Å². The van der Waals surface area contributed by atoms with Gasteiger partial charge in [0.2, 0.25) is 0 Å². The predicted molar refractivity (Wildman–Crippen MR) is 57.0 cm³/mol. The van der Waals surface area contributed by atoms with Gasteiger partial charge in [0.05, 0.1) is 18.2 Å². The van der Waals surface area contributed by atoms with Crippen molar-refractivity contribution < 1.29 is 0 Å². The van der Waals surface area contributed by atoms with Gasteiger partial charge in [0.25, 0.3) is 0 Å². The highest BCUT2D eigenvalue weighted by Gasteiger charge is 2.05. The van der Waals surface area contributed by atoms with Gasteiger partial charge < -0.3 is 9.88 Å². The Morgan fingerprint density at radius 1 is 1.47 bits per heavy atom. The third kappa shape index (κ3) is 2.02. The van der Waals surface area contributed by atoms with E-state index in [1.165, 1.54) is 0 Å². The summed E-state index contributed by atoms with van der Waals surface area (Å²) in [5.74, 6) is 0.711. The molecule has 0 fully saturated rings. The molecule has 0 radical (unpaired) electrons. The van der Waals surface area contributed by atoms with E-state index in [1.54, 1.807) is 18.7 Å². The molecule has 5 heteroatoms. The fraction of sp³-hybridized carbons (Fsp3) is 0.300. The van der Waals surface area contributed by atoms with Crippen LogP contribution in [0.5, 0.6) is 0 Å². The standard InChI is InChI=1S/C10H13N5/c1-11-5-8-3-4-13-10(14-8)9-6-12-7-15(9)2/h3-4,6-7,11H,5H2,1-2H3. The smallest absolute Gasteiger partial charge is 0.178 e. The van der Waals surface area contributed by atoms with Crippen molar-refractivity contribution in [3.63, 3.8) is 0 Å². The molecule has 5 nitrogen and oxygen atoms in total. The minimum absolute atomic E-state index is 0.711. The first kappa shape index (κ1) is 9.79. The van der Waals surface area contributed by atoms with Gasteiger partial charge in [0.1, 0.15) is 5.69 Å². The predicted octanol–water partition coefficient (Wildman–Crippen LogP) is 0.596. The monoisotopic (exact) mass is 203 g/mol. The Hall–Kier alpha value is -1.75. The minimum atomic E-state index is 0.711. The zero-order valence-corrected chi connectivity index (χ0v) is 8.81. The van der Waals surface area contributed by atoms with Gasteiger partial charge >= 0.3 is 0 Å². The Kier molecular flexibility index (Phi) is 2.73. The van der Waals surface area contributed by atoms with E-state index < -0.39 is 0 Å². The summed E-state index contributed by atoms with van der Waals surface area (Å²) in [6, 6.07) is 1.90. The molecule has 2 aromatic rings. The van der Waals surface area contributed by atoms with Crippen LogP contribution < -0.4 is 5.32 Å². The van der Waals surface area contributed by atoms with Gasteiger partial charge in [-0.15, -0.1) is 0 Å². The lowest BCUT2D eigenvalue weighted by atomic mass is 10.3. The first-order valence-electron chi connectivity index (χ1n) is 4.74. The number of nitrogens with zero attached hydrogens (tertiary/aromatic N) is 4. The van der Waals surface area contributed by atoms with Gasteiger partial charge in [-0.05, 0) is 13.1 Å². The number of hydrogen-bond donors (Lipinski definition) is 1. The van der Waals surface area contributed by atoms with Crippen LogP contribution in [0.3, 0.4) is 0 Å². The SMILES string of the molecule is CNCc1ccnc(-c2cncn2C)n1. The fourth-order valence-electron chi connectivity index (χ4n) is 1.37. The van der Waals surface area contributed by atoms with Gasteiger partial charge in [0, 0.05) is 19.8 Å². The van der Waals surface area contributed by atoms with Crippen LogP contribution in [0.2, 0.25) is 0 Å². The topological polar surface area (TPSA) is 55.6 Å². The number of imidazole rings is 1. The zero-order chi connectivity index (χ0) is 10.7. The van der Waals surface area contributed by atoms with Crippen molar-refractivity contribution in [2.45, 2.75) is 6.54 Å². The van der Waals surface area contributed by atoms with Crippen LogP contribution in [0, 0.1) is 0 Å². The molecular formula is C10H13N5. The second kappa shape index (κ2) is 4.18. The number of aromatic nitrogens is 4. The third-order valence-electron chi connectivity index (χ3n) is 2.12. The highest BCUT2D eigenvalue weighted by Crippen LogP contribution is 2.12. The molecule has 0 aliphatic rings. The van der Waals surface area contributed by atoms with E-state index in [9.17, 15) is 0 Å². The van der Waals surface area contributed by atoms with Crippen molar-refractivity contribution in [2.24, 2.45) is 7.05 Å². The quantitative estimate of drug-likeness (QED) is 0.793. The second-order valence-electron chi connectivity index (χ2n) is 3.29. The second-order valence-corrected chi connectivity index (χ2v) is 3.29. The highest BCUT2D eigenvalue weighted by molar-refractivity contribution is 5.47. The lowest BCUT2D eigenvalue weighted by Gasteiger charge is -2.03. The van der Waals surface area contributed by atoms with E-state index >= 15 is 0 Å². The molecule has 0 saturated heterocycles. The summed E-state index contributed by atoms with van der Waals surface area (Å²) in [5.41, 5.74) is 1.90. The van der Waals surface area contributed by atoms with Crippen molar-refractivity contribution in [1.82, 2.24) is 24.8 Å². The molecule has 0 spiro atoms. The van der Waals surface area contributed by atoms with Gasteiger partial charge in [-0.25, -0.2) is 15.0 Å². The molecule has 2 rings (SSSR count). The lowest BCUT2D eigenvalue weighted by Crippen LogP contribution is -2.08. The maximum Gasteiger partial charge on any atom is 0.178 e. The number of nitrogens with one attached hydrogen (secondary N) is 1. The third-order valence-corrected chi connectivity index (χ3v) is 2.12. The zero-order valence-electron chi connectivity index (χ0n) is 8.81. The van der Waals surface area contributed by atoms with E-state index in [-0.39, 0.29) is 0 Å². The average Bonchev–Trinajstić information content (AvgIpc) is 2.65. The number of rotatable bonds is 3. The van der Waals surface area contributed by atoms with Crippen molar-refractivity contribution in [1.29, 1.82) is 0 Å². The molecule has 0 atom stereocenters. The molecule has 0 saturated carbocycles. The highest BCUT2D eigenvalue weighted by atomic mass is 15.1. The molecule has 0 unspecified atom stereocenters. The van der Waals surface area contributed by atoms with Gasteiger partial charge in [0.15, 0.2) is 5.82 Å². The summed E-state index contributed by atoms with van der Waals surface area (Å²) in [6.07, 6.45) is 5.27. The molecule has 0 aromatic carbocycles. The summed E-state index contributed by atoms with van der Waals surface area (Å²) in [4.78, 5) is 12.7. The maximum absolute atomic E-state index is 4.43. The lowest BCUT2D eigenvalue weighted by molar-refractivity contribution is 0.785. The molecule has 0 amide bonds. The van der Waals surface area contributed by atoms with Crippen molar-refractivity contribution >= 4 is 0 Å². The van der Waals surface area contributed by atoms with Crippen LogP contribution in [-0.2, 0) is 13.6 Å². The molecule has 2 aromatic heterocycles. The average molecular weight is 203 g/mol. The summed E-state index contributed by atoms with van der Waals surface area (Å²) in [7, 11) is 3.82. The summed E-state index contributed by atoms with van der Waals surface area (Å²) in [5, 5.41) is 3.06. The van der Waals surface area contributed by atoms with Gasteiger partial charge in [-0.2, -0.15) is 0 Å². The molecule has 1 N–H and O–H groups in total. The summed E-state index contributed by atoms with van der Waals surface area (Å²) >= 11 is 0. The van der Waals surface area contributed by atoms with Gasteiger partial charge in [-0.1, -0.05) is 0 Å². The Bertz CT molecular complexity index is 449. The van der Waals surface area contributed by atoms with Crippen LogP contribution in [0.15, 0.2) is 24.8 Å². The Morgan fingerprint density at radius 2 is 2.33 bits per heavy atom. The molecule has 0 aliphatic heterocycles. The van der Waals surface area contributed by atoms with E-state index in [2.05, 4.69) is 20.3 Å². The number of aryl methyl sites for hydroxylation is 1. The first-order chi connectivity index (χ1) is 7.31. The number of hydrogen-bond acceptors (Lipinski definition) is 4. The Labute approximate surface area is 88.2 Å². The van der Waals surface area contributed by atoms with Crippen molar-refractivity contribution in [2.75, 3.05) is 7.05 Å². The van der Waals surface area contributed by atoms with Crippen molar-refractivity contribution in [3.8, 4) is 11.5 Å². The van der Waals surface area contributed by atoms with E-state index in [4.69, 9.17) is 0 Å². The molecule has 2 heterocycles. The van der Waals surface area contributed by atoms with Crippen molar-refractivity contribution in [3.05, 3.63) is 30.5 Å². The minimum Gasteiger partial charge on any atom is -0.331 e. The first-order valence-corrected chi connectivity index (χ1v) is 4.74. The fourth-order valence-corrected chi connectivity index (χ4v) is 1.37. The van der Waals surface area contributed by atoms with Crippen LogP contribution in [0.25, 0.3) is 11.5 Å². The maximum atomic E-state index is 4.43. The van der Waals surface area contributed by atoms with E-state index in [1.807, 2.05) is 24.7 Å². The van der Waals surface area contributed by atoms with E-state index in [0.29, 0.717) is 5.82 Å². The van der Waals surface area contributed by atoms with Crippen LogP contribution in [0.1, 0.15) is 5.69 Å². The molecule has 15 heavy (non-hydrogen) atoms. The largest absolute Gasteiger partial charge is 0.331 e. The van der Waals surface area contributed by atoms with Crippen LogP contribution in [-0.4, -0.2) is 26.6 Å². The van der Waals surface area contributed by atoms with Crippen LogP contribution in [0.4, 0.5) is 0 Å². The Balaban J connectivity index is 2.37. The summed E-state index contributed by atoms with van der Waals surface area (Å²) < 4.78 is 1.90. The molecule has 0 bridgehead atoms. The van der Waals surface area contributed by atoms with Crippen LogP contribution >= 0.6 is 0 Å². The molecule has 0 aliphatic carbocycles. The summed E-state index contributed by atoms with van der Waals surface area (Å²) in [6.45, 7) is 0.743.